The van der Waals surface area contributed by atoms with Gasteiger partial charge in [0, 0.05) is 38.4 Å². The van der Waals surface area contributed by atoms with Crippen molar-refractivity contribution in [2.24, 2.45) is 0 Å². The van der Waals surface area contributed by atoms with Gasteiger partial charge in [-0.15, -0.1) is 15.3 Å². The highest BCUT2D eigenvalue weighted by Gasteiger charge is 2.24. The molecule has 0 bridgehead atoms. The third-order valence-corrected chi connectivity index (χ3v) is 5.43. The first-order valence-corrected chi connectivity index (χ1v) is 9.54. The van der Waals surface area contributed by atoms with Gasteiger partial charge in [-0.25, -0.2) is 0 Å². The fourth-order valence-electron chi connectivity index (χ4n) is 3.93. The largest absolute Gasteiger partial charge is 0.493 e. The maximum Gasteiger partial charge on any atom is 0.178 e. The number of ether oxygens (including phenoxy) is 2. The Labute approximate surface area is 157 Å². The summed E-state index contributed by atoms with van der Waals surface area (Å²) < 4.78 is 13.7. The predicted molar refractivity (Wildman–Crippen MR) is 102 cm³/mol. The highest BCUT2D eigenvalue weighted by Crippen LogP contribution is 2.31. The van der Waals surface area contributed by atoms with Crippen molar-refractivity contribution in [3.8, 4) is 11.5 Å². The quantitative estimate of drug-likeness (QED) is 0.711. The van der Waals surface area contributed by atoms with Gasteiger partial charge >= 0.3 is 0 Å². The highest BCUT2D eigenvalue weighted by molar-refractivity contribution is 5.52. The first-order valence-electron chi connectivity index (χ1n) is 9.54. The molecule has 3 aromatic rings. The lowest BCUT2D eigenvalue weighted by atomic mass is 10.1. The standard InChI is InChI=1S/C20H23N5O2/c1-13-11-19-22-21-14(2)25(19)23-20(13)24-8-5-16(6-9-24)27-17-4-3-15-7-10-26-18(15)12-17/h3-4,11-12,16H,5-10H2,1-2H3. The molecule has 0 spiro atoms. The van der Waals surface area contributed by atoms with E-state index < -0.39 is 0 Å². The molecule has 140 valence electrons. The van der Waals surface area contributed by atoms with Crippen LogP contribution >= 0.6 is 0 Å². The molecule has 1 aromatic carbocycles. The summed E-state index contributed by atoms with van der Waals surface area (Å²) in [6, 6.07) is 8.27. The molecule has 0 unspecified atom stereocenters. The second kappa shape index (κ2) is 6.40. The summed E-state index contributed by atoms with van der Waals surface area (Å²) in [4.78, 5) is 2.33. The van der Waals surface area contributed by atoms with E-state index in [1.54, 1.807) is 0 Å². The summed E-state index contributed by atoms with van der Waals surface area (Å²) in [5.74, 6) is 3.70. The van der Waals surface area contributed by atoms with Crippen LogP contribution in [-0.2, 0) is 6.42 Å². The van der Waals surface area contributed by atoms with Gasteiger partial charge in [0.1, 0.15) is 17.6 Å². The van der Waals surface area contributed by atoms with Crippen molar-refractivity contribution >= 4 is 11.5 Å². The third kappa shape index (κ3) is 2.97. The van der Waals surface area contributed by atoms with Crippen LogP contribution in [0.4, 0.5) is 5.82 Å². The molecule has 0 N–H and O–H groups in total. The van der Waals surface area contributed by atoms with Crippen molar-refractivity contribution in [1.82, 2.24) is 19.8 Å². The molecule has 5 rings (SSSR count). The summed E-state index contributed by atoms with van der Waals surface area (Å²) in [5.41, 5.74) is 3.20. The first kappa shape index (κ1) is 16.4. The number of benzene rings is 1. The molecule has 2 aliphatic rings. The molecule has 7 nitrogen and oxygen atoms in total. The van der Waals surface area contributed by atoms with Gasteiger partial charge in [-0.1, -0.05) is 6.07 Å². The Balaban J connectivity index is 1.27. The lowest BCUT2D eigenvalue weighted by Gasteiger charge is -2.33. The van der Waals surface area contributed by atoms with Crippen LogP contribution in [0.25, 0.3) is 5.65 Å². The Kier molecular flexibility index (Phi) is 3.88. The lowest BCUT2D eigenvalue weighted by molar-refractivity contribution is 0.170. The molecule has 0 amide bonds. The molecule has 7 heteroatoms. The fourth-order valence-corrected chi connectivity index (χ4v) is 3.93. The number of hydrogen-bond donors (Lipinski definition) is 0. The Morgan fingerprint density at radius 2 is 1.96 bits per heavy atom. The lowest BCUT2D eigenvalue weighted by Crippen LogP contribution is -2.39. The van der Waals surface area contributed by atoms with Crippen molar-refractivity contribution in [2.75, 3.05) is 24.6 Å². The predicted octanol–water partition coefficient (Wildman–Crippen LogP) is 2.72. The normalized spacial score (nSPS) is 17.2. The van der Waals surface area contributed by atoms with Crippen LogP contribution in [0.5, 0.6) is 11.5 Å². The van der Waals surface area contributed by atoms with Crippen molar-refractivity contribution < 1.29 is 9.47 Å². The zero-order valence-electron chi connectivity index (χ0n) is 15.7. The number of fused-ring (bicyclic) bond motifs is 2. The van der Waals surface area contributed by atoms with Crippen LogP contribution in [-0.4, -0.2) is 45.6 Å². The SMILES string of the molecule is Cc1cc2nnc(C)n2nc1N1CCC(Oc2ccc3c(c2)OCC3)CC1. The summed E-state index contributed by atoms with van der Waals surface area (Å²) >= 11 is 0. The number of nitrogens with zero attached hydrogens (tertiary/aromatic N) is 5. The molecular weight excluding hydrogens is 342 g/mol. The Hall–Kier alpha value is -2.83. The van der Waals surface area contributed by atoms with Crippen molar-refractivity contribution in [3.63, 3.8) is 0 Å². The summed E-state index contributed by atoms with van der Waals surface area (Å²) in [6.45, 7) is 6.63. The molecule has 27 heavy (non-hydrogen) atoms. The first-order chi connectivity index (χ1) is 13.2. The molecule has 1 saturated heterocycles. The van der Waals surface area contributed by atoms with E-state index in [9.17, 15) is 0 Å². The number of aromatic nitrogens is 4. The zero-order chi connectivity index (χ0) is 18.4. The fraction of sp³-hybridized carbons (Fsp3) is 0.450. The average molecular weight is 365 g/mol. The van der Waals surface area contributed by atoms with Crippen LogP contribution in [0.1, 0.15) is 29.8 Å². The van der Waals surface area contributed by atoms with E-state index in [1.165, 1.54) is 5.56 Å². The van der Waals surface area contributed by atoms with Crippen LogP contribution in [0.15, 0.2) is 24.3 Å². The minimum Gasteiger partial charge on any atom is -0.493 e. The van der Waals surface area contributed by atoms with Gasteiger partial charge in [0.15, 0.2) is 17.3 Å². The summed E-state index contributed by atoms with van der Waals surface area (Å²) in [7, 11) is 0. The van der Waals surface area contributed by atoms with E-state index in [4.69, 9.17) is 14.6 Å². The molecule has 2 aliphatic heterocycles. The van der Waals surface area contributed by atoms with E-state index in [-0.39, 0.29) is 6.10 Å². The van der Waals surface area contributed by atoms with Crippen molar-refractivity contribution in [3.05, 3.63) is 41.2 Å². The van der Waals surface area contributed by atoms with E-state index in [0.717, 1.165) is 73.3 Å². The Morgan fingerprint density at radius 3 is 2.81 bits per heavy atom. The van der Waals surface area contributed by atoms with Gasteiger partial charge in [0.25, 0.3) is 0 Å². The zero-order valence-corrected chi connectivity index (χ0v) is 15.7. The van der Waals surface area contributed by atoms with Gasteiger partial charge in [-0.05, 0) is 37.1 Å². The second-order valence-electron chi connectivity index (χ2n) is 7.34. The Bertz CT molecular complexity index is 991. The van der Waals surface area contributed by atoms with Gasteiger partial charge in [0.05, 0.1) is 6.61 Å². The number of aryl methyl sites for hydroxylation is 2. The van der Waals surface area contributed by atoms with Crippen LogP contribution in [0.3, 0.4) is 0 Å². The molecule has 0 aliphatic carbocycles. The molecule has 1 fully saturated rings. The third-order valence-electron chi connectivity index (χ3n) is 5.43. The van der Waals surface area contributed by atoms with Crippen LogP contribution < -0.4 is 14.4 Å². The van der Waals surface area contributed by atoms with Gasteiger partial charge in [-0.2, -0.15) is 4.52 Å². The van der Waals surface area contributed by atoms with Gasteiger partial charge in [-0.3, -0.25) is 0 Å². The minimum atomic E-state index is 0.224. The summed E-state index contributed by atoms with van der Waals surface area (Å²) in [5, 5.41) is 13.0. The van der Waals surface area contributed by atoms with Crippen molar-refractivity contribution in [2.45, 2.75) is 39.2 Å². The minimum absolute atomic E-state index is 0.224. The van der Waals surface area contributed by atoms with Gasteiger partial charge < -0.3 is 14.4 Å². The number of hydrogen-bond acceptors (Lipinski definition) is 6. The molecule has 0 saturated carbocycles. The highest BCUT2D eigenvalue weighted by atomic mass is 16.5. The molecule has 0 radical (unpaired) electrons. The smallest absolute Gasteiger partial charge is 0.178 e. The number of anilines is 1. The maximum absolute atomic E-state index is 6.22. The summed E-state index contributed by atoms with van der Waals surface area (Å²) in [6.07, 6.45) is 3.16. The molecular formula is C20H23N5O2. The number of rotatable bonds is 3. The maximum atomic E-state index is 6.22. The van der Waals surface area contributed by atoms with Crippen LogP contribution in [0, 0.1) is 13.8 Å². The van der Waals surface area contributed by atoms with E-state index in [2.05, 4.69) is 40.2 Å². The van der Waals surface area contributed by atoms with E-state index in [1.807, 2.05) is 17.5 Å². The molecule has 2 aromatic heterocycles. The van der Waals surface area contributed by atoms with Crippen molar-refractivity contribution in [1.29, 1.82) is 0 Å². The second-order valence-corrected chi connectivity index (χ2v) is 7.34. The Morgan fingerprint density at radius 1 is 1.11 bits per heavy atom. The van der Waals surface area contributed by atoms with Crippen LogP contribution in [0.2, 0.25) is 0 Å². The van der Waals surface area contributed by atoms with Gasteiger partial charge in [0.2, 0.25) is 0 Å². The van der Waals surface area contributed by atoms with E-state index in [0.29, 0.717) is 0 Å². The average Bonchev–Trinajstić information content (AvgIpc) is 3.28. The topological polar surface area (TPSA) is 64.8 Å². The monoisotopic (exact) mass is 365 g/mol. The number of piperidine rings is 1. The molecule has 0 atom stereocenters. The van der Waals surface area contributed by atoms with E-state index >= 15 is 0 Å². The molecule has 4 heterocycles.